The van der Waals surface area contributed by atoms with Crippen LogP contribution in [0.15, 0.2) is 30.6 Å². The van der Waals surface area contributed by atoms with Crippen molar-refractivity contribution < 1.29 is 19.7 Å². The van der Waals surface area contributed by atoms with Crippen LogP contribution in [0.25, 0.3) is 0 Å². The van der Waals surface area contributed by atoms with Gasteiger partial charge in [0.15, 0.2) is 0 Å². The first-order valence-corrected chi connectivity index (χ1v) is 7.81. The largest absolute Gasteiger partial charge is 0.478 e. The summed E-state index contributed by atoms with van der Waals surface area (Å²) in [5.74, 6) is 0.872. The molecule has 0 spiro atoms. The summed E-state index contributed by atoms with van der Waals surface area (Å²) < 4.78 is 5.58. The highest BCUT2D eigenvalue weighted by atomic mass is 16.5. The van der Waals surface area contributed by atoms with Gasteiger partial charge in [0.25, 0.3) is 0 Å². The van der Waals surface area contributed by atoms with Gasteiger partial charge in [-0.3, -0.25) is 0 Å². The number of rotatable bonds is 7. The summed E-state index contributed by atoms with van der Waals surface area (Å²) in [5, 5.41) is 22.0. The van der Waals surface area contributed by atoms with E-state index in [9.17, 15) is 9.90 Å². The molecule has 1 aromatic carbocycles. The highest BCUT2D eigenvalue weighted by molar-refractivity contribution is 5.88. The van der Waals surface area contributed by atoms with Crippen molar-refractivity contribution in [3.8, 4) is 11.6 Å². The summed E-state index contributed by atoms with van der Waals surface area (Å²) in [7, 11) is 0. The first-order chi connectivity index (χ1) is 11.5. The molecule has 1 aliphatic carbocycles. The Bertz CT molecular complexity index is 727. The van der Waals surface area contributed by atoms with Gasteiger partial charge in [0, 0.05) is 6.54 Å². The van der Waals surface area contributed by atoms with Crippen LogP contribution in [0.3, 0.4) is 0 Å². The predicted octanol–water partition coefficient (Wildman–Crippen LogP) is 2.84. The highest BCUT2D eigenvalue weighted by Crippen LogP contribution is 2.29. The Balaban J connectivity index is 1.73. The zero-order valence-corrected chi connectivity index (χ0v) is 13.3. The fraction of sp³-hybridized carbons (Fsp3) is 0.353. The van der Waals surface area contributed by atoms with Gasteiger partial charge in [0.2, 0.25) is 5.88 Å². The number of hydrogen-bond donors (Lipinski definition) is 3. The van der Waals surface area contributed by atoms with Crippen molar-refractivity contribution in [1.82, 2.24) is 9.97 Å². The Hall–Kier alpha value is -2.67. The van der Waals surface area contributed by atoms with Crippen LogP contribution in [-0.2, 0) is 0 Å². The van der Waals surface area contributed by atoms with Crippen LogP contribution in [0, 0.1) is 5.92 Å². The number of ether oxygens (including phenoxy) is 1. The molecule has 3 rings (SSSR count). The van der Waals surface area contributed by atoms with E-state index in [1.807, 2.05) is 0 Å². The van der Waals surface area contributed by atoms with Crippen LogP contribution >= 0.6 is 0 Å². The van der Waals surface area contributed by atoms with E-state index in [0.29, 0.717) is 17.1 Å². The number of anilines is 1. The Kier molecular flexibility index (Phi) is 4.61. The zero-order chi connectivity index (χ0) is 17.1. The number of nitrogens with zero attached hydrogens (tertiary/aromatic N) is 2. The van der Waals surface area contributed by atoms with Gasteiger partial charge in [-0.1, -0.05) is 0 Å². The van der Waals surface area contributed by atoms with E-state index in [0.717, 1.165) is 12.5 Å². The second-order valence-corrected chi connectivity index (χ2v) is 5.94. The van der Waals surface area contributed by atoms with E-state index in [2.05, 4.69) is 15.3 Å². The number of carboxylic acids is 1. The third-order valence-electron chi connectivity index (χ3n) is 3.78. The van der Waals surface area contributed by atoms with Gasteiger partial charge in [-0.15, -0.1) is 0 Å². The molecule has 0 saturated heterocycles. The highest BCUT2D eigenvalue weighted by Gasteiger charge is 2.20. The number of carbonyl (C=O) groups is 1. The molecule has 0 bridgehead atoms. The number of benzene rings is 1. The van der Waals surface area contributed by atoms with E-state index in [1.165, 1.54) is 31.2 Å². The topological polar surface area (TPSA) is 105 Å². The van der Waals surface area contributed by atoms with Crippen LogP contribution < -0.4 is 10.1 Å². The summed E-state index contributed by atoms with van der Waals surface area (Å²) in [4.78, 5) is 19.6. The van der Waals surface area contributed by atoms with E-state index >= 15 is 0 Å². The lowest BCUT2D eigenvalue weighted by molar-refractivity contribution is 0.0696. The first-order valence-electron chi connectivity index (χ1n) is 7.81. The maximum atomic E-state index is 11.2. The number of nitrogens with one attached hydrogen (secondary N) is 1. The summed E-state index contributed by atoms with van der Waals surface area (Å²) in [6.07, 6.45) is 4.77. The molecule has 126 valence electrons. The third kappa shape index (κ3) is 4.20. The lowest BCUT2D eigenvalue weighted by Gasteiger charge is -2.11. The average molecular weight is 329 g/mol. The number of aliphatic hydroxyl groups excluding tert-OH is 1. The molecule has 1 atom stereocenters. The van der Waals surface area contributed by atoms with Crippen LogP contribution in [0.2, 0.25) is 0 Å². The Morgan fingerprint density at radius 2 is 2.12 bits per heavy atom. The fourth-order valence-corrected chi connectivity index (χ4v) is 2.20. The minimum absolute atomic E-state index is 0.0408. The second-order valence-electron chi connectivity index (χ2n) is 5.94. The molecule has 1 aromatic heterocycles. The van der Waals surface area contributed by atoms with Crippen molar-refractivity contribution in [1.29, 1.82) is 0 Å². The lowest BCUT2D eigenvalue weighted by atomic mass is 10.1. The molecule has 1 aliphatic rings. The van der Waals surface area contributed by atoms with Crippen molar-refractivity contribution >= 4 is 11.8 Å². The number of aromatic nitrogens is 2. The van der Waals surface area contributed by atoms with Crippen LogP contribution in [-0.4, -0.2) is 32.7 Å². The van der Waals surface area contributed by atoms with Gasteiger partial charge in [0.1, 0.15) is 11.6 Å². The van der Waals surface area contributed by atoms with Gasteiger partial charge < -0.3 is 20.3 Å². The maximum Gasteiger partial charge on any atom is 0.335 e. The molecule has 0 amide bonds. The zero-order valence-electron chi connectivity index (χ0n) is 13.3. The molecule has 0 radical (unpaired) electrons. The molecule has 1 saturated carbocycles. The maximum absolute atomic E-state index is 11.2. The van der Waals surface area contributed by atoms with Gasteiger partial charge >= 0.3 is 5.97 Å². The Morgan fingerprint density at radius 1 is 1.33 bits per heavy atom. The molecular formula is C17H19N3O4. The van der Waals surface area contributed by atoms with Gasteiger partial charge in [-0.25, -0.2) is 14.8 Å². The van der Waals surface area contributed by atoms with E-state index in [1.54, 1.807) is 19.2 Å². The van der Waals surface area contributed by atoms with Gasteiger partial charge in [-0.2, -0.15) is 0 Å². The Morgan fingerprint density at radius 3 is 2.71 bits per heavy atom. The van der Waals surface area contributed by atoms with Crippen LogP contribution in [0.1, 0.15) is 41.8 Å². The number of aliphatic hydroxyl groups is 1. The minimum Gasteiger partial charge on any atom is -0.478 e. The molecule has 7 heteroatoms. The van der Waals surface area contributed by atoms with Crippen LogP contribution in [0.4, 0.5) is 5.82 Å². The number of carboxylic acid groups (broad SMARTS) is 1. The molecule has 3 N–H and O–H groups in total. The molecule has 7 nitrogen and oxygen atoms in total. The smallest absolute Gasteiger partial charge is 0.335 e. The Labute approximate surface area is 139 Å². The summed E-state index contributed by atoms with van der Waals surface area (Å²) in [6, 6.07) is 4.38. The monoisotopic (exact) mass is 329 g/mol. The summed E-state index contributed by atoms with van der Waals surface area (Å²) >= 11 is 0. The standard InChI is InChI=1S/C17H19N3O4/c1-10(21)12-4-13(17(22)23)6-14(5-12)24-16-9-19-15(8-20-16)18-7-11-2-3-11/h4-6,8-11,21H,2-3,7H2,1H3,(H,18,19)(H,22,23). The lowest BCUT2D eigenvalue weighted by Crippen LogP contribution is -2.05. The van der Waals surface area contributed by atoms with Crippen LogP contribution in [0.5, 0.6) is 11.6 Å². The number of hydrogen-bond acceptors (Lipinski definition) is 6. The van der Waals surface area contributed by atoms with E-state index in [4.69, 9.17) is 9.84 Å². The summed E-state index contributed by atoms with van der Waals surface area (Å²) in [6.45, 7) is 2.46. The summed E-state index contributed by atoms with van der Waals surface area (Å²) in [5.41, 5.74) is 0.500. The van der Waals surface area contributed by atoms with Gasteiger partial charge in [0.05, 0.1) is 24.1 Å². The molecule has 1 unspecified atom stereocenters. The molecule has 0 aliphatic heterocycles. The molecule has 1 fully saturated rings. The number of aromatic carboxylic acids is 1. The second kappa shape index (κ2) is 6.84. The third-order valence-corrected chi connectivity index (χ3v) is 3.78. The average Bonchev–Trinajstić information content (AvgIpc) is 3.38. The van der Waals surface area contributed by atoms with E-state index < -0.39 is 12.1 Å². The molecule has 24 heavy (non-hydrogen) atoms. The quantitative estimate of drug-likeness (QED) is 0.717. The predicted molar refractivity (Wildman–Crippen MR) is 87.4 cm³/mol. The molecular weight excluding hydrogens is 310 g/mol. The van der Waals surface area contributed by atoms with Crippen molar-refractivity contribution in [2.45, 2.75) is 25.9 Å². The van der Waals surface area contributed by atoms with Crippen molar-refractivity contribution in [3.63, 3.8) is 0 Å². The van der Waals surface area contributed by atoms with Crippen molar-refractivity contribution in [3.05, 3.63) is 41.7 Å². The fourth-order valence-electron chi connectivity index (χ4n) is 2.20. The van der Waals surface area contributed by atoms with Crippen molar-refractivity contribution in [2.75, 3.05) is 11.9 Å². The molecule has 2 aromatic rings. The molecule has 1 heterocycles. The van der Waals surface area contributed by atoms with Crippen molar-refractivity contribution in [2.24, 2.45) is 5.92 Å². The first kappa shape index (κ1) is 16.2. The minimum atomic E-state index is -1.09. The SMILES string of the molecule is CC(O)c1cc(Oc2cnc(NCC3CC3)cn2)cc(C(=O)O)c1. The van der Waals surface area contributed by atoms with Gasteiger partial charge in [-0.05, 0) is 49.4 Å². The normalized spacial score (nSPS) is 14.9. The van der Waals surface area contributed by atoms with E-state index in [-0.39, 0.29) is 11.4 Å².